The van der Waals surface area contributed by atoms with Gasteiger partial charge in [0, 0.05) is 11.3 Å². The first kappa shape index (κ1) is 16.4. The van der Waals surface area contributed by atoms with Gasteiger partial charge >= 0.3 is 0 Å². The molecule has 0 fully saturated rings. The van der Waals surface area contributed by atoms with E-state index in [2.05, 4.69) is 15.8 Å². The van der Waals surface area contributed by atoms with Crippen LogP contribution < -0.4 is 10.7 Å². The number of furan rings is 1. The van der Waals surface area contributed by atoms with Crippen LogP contribution in [-0.4, -0.2) is 17.5 Å². The molecular formula is C16H16FN3O3. The molecule has 0 saturated heterocycles. The van der Waals surface area contributed by atoms with Crippen molar-refractivity contribution in [1.29, 1.82) is 0 Å². The molecule has 1 aromatic carbocycles. The largest absolute Gasteiger partial charge is 0.467 e. The van der Waals surface area contributed by atoms with E-state index in [4.69, 9.17) is 4.42 Å². The smallest absolute Gasteiger partial charge is 0.271 e. The van der Waals surface area contributed by atoms with Crippen LogP contribution in [0.15, 0.2) is 52.2 Å². The highest BCUT2D eigenvalue weighted by Gasteiger charge is 2.07. The van der Waals surface area contributed by atoms with E-state index in [0.29, 0.717) is 18.0 Å². The quantitative estimate of drug-likeness (QED) is 0.633. The first-order valence-corrected chi connectivity index (χ1v) is 6.93. The molecule has 0 aliphatic heterocycles. The number of hydrogen-bond donors (Lipinski definition) is 2. The lowest BCUT2D eigenvalue weighted by atomic mass is 10.2. The summed E-state index contributed by atoms with van der Waals surface area (Å²) in [6, 6.07) is 8.57. The number of carbonyl (C=O) groups is 2. The van der Waals surface area contributed by atoms with Crippen molar-refractivity contribution in [1.82, 2.24) is 10.7 Å². The highest BCUT2D eigenvalue weighted by atomic mass is 19.1. The summed E-state index contributed by atoms with van der Waals surface area (Å²) in [6.45, 7) is 1.92. The van der Waals surface area contributed by atoms with Crippen LogP contribution in [0.1, 0.15) is 29.5 Å². The number of hydrogen-bond acceptors (Lipinski definition) is 4. The maximum Gasteiger partial charge on any atom is 0.271 e. The van der Waals surface area contributed by atoms with E-state index < -0.39 is 11.7 Å². The van der Waals surface area contributed by atoms with Crippen molar-refractivity contribution < 1.29 is 18.4 Å². The molecule has 2 rings (SSSR count). The Morgan fingerprint density at radius 3 is 2.61 bits per heavy atom. The Labute approximate surface area is 132 Å². The lowest BCUT2D eigenvalue weighted by Gasteiger charge is -2.04. The van der Waals surface area contributed by atoms with Crippen LogP contribution in [0.5, 0.6) is 0 Å². The van der Waals surface area contributed by atoms with Crippen LogP contribution in [0.2, 0.25) is 0 Å². The van der Waals surface area contributed by atoms with Crippen LogP contribution in [0, 0.1) is 5.82 Å². The summed E-state index contributed by atoms with van der Waals surface area (Å²) in [5.74, 6) is -0.481. The van der Waals surface area contributed by atoms with Crippen molar-refractivity contribution in [2.75, 3.05) is 0 Å². The van der Waals surface area contributed by atoms with Gasteiger partial charge in [0.15, 0.2) is 0 Å². The van der Waals surface area contributed by atoms with Crippen LogP contribution in [0.25, 0.3) is 0 Å². The molecule has 0 aliphatic rings. The number of amides is 2. The van der Waals surface area contributed by atoms with E-state index in [9.17, 15) is 14.0 Å². The molecule has 7 heteroatoms. The van der Waals surface area contributed by atoms with Gasteiger partial charge in [0.05, 0.1) is 19.2 Å². The first-order chi connectivity index (χ1) is 11.0. The lowest BCUT2D eigenvalue weighted by Crippen LogP contribution is -2.26. The number of rotatable bonds is 6. The first-order valence-electron chi connectivity index (χ1n) is 6.93. The Morgan fingerprint density at radius 1 is 1.22 bits per heavy atom. The molecule has 2 amide bonds. The maximum atomic E-state index is 12.8. The maximum absolute atomic E-state index is 12.8. The molecule has 0 saturated carbocycles. The Bertz CT molecular complexity index is 694. The number of nitrogens with one attached hydrogen (secondary N) is 2. The summed E-state index contributed by atoms with van der Waals surface area (Å²) >= 11 is 0. The minimum atomic E-state index is -0.472. The van der Waals surface area contributed by atoms with Crippen LogP contribution >= 0.6 is 0 Å². The predicted octanol–water partition coefficient (Wildman–Crippen LogP) is 2.23. The van der Waals surface area contributed by atoms with Crippen molar-refractivity contribution in [3.8, 4) is 0 Å². The average Bonchev–Trinajstić information content (AvgIpc) is 3.05. The molecular weight excluding hydrogens is 301 g/mol. The summed E-state index contributed by atoms with van der Waals surface area (Å²) in [5.41, 5.74) is 3.05. The van der Waals surface area contributed by atoms with Crippen molar-refractivity contribution in [2.24, 2.45) is 5.10 Å². The highest BCUT2D eigenvalue weighted by molar-refractivity contribution is 6.01. The molecule has 0 radical (unpaired) electrons. The topological polar surface area (TPSA) is 83.7 Å². The van der Waals surface area contributed by atoms with E-state index in [1.54, 1.807) is 19.1 Å². The zero-order valence-corrected chi connectivity index (χ0v) is 12.5. The molecule has 120 valence electrons. The molecule has 0 unspecified atom stereocenters. The van der Waals surface area contributed by atoms with Gasteiger partial charge in [-0.3, -0.25) is 9.59 Å². The molecule has 0 bridgehead atoms. The third-order valence-electron chi connectivity index (χ3n) is 2.91. The van der Waals surface area contributed by atoms with Crippen LogP contribution in [0.4, 0.5) is 4.39 Å². The van der Waals surface area contributed by atoms with Crippen molar-refractivity contribution >= 4 is 17.5 Å². The molecule has 1 aromatic heterocycles. The molecule has 23 heavy (non-hydrogen) atoms. The van der Waals surface area contributed by atoms with Crippen LogP contribution in [0.3, 0.4) is 0 Å². The molecule has 0 spiro atoms. The normalized spacial score (nSPS) is 11.1. The minimum absolute atomic E-state index is 0.0460. The number of carbonyl (C=O) groups excluding carboxylic acids is 2. The number of benzene rings is 1. The summed E-state index contributed by atoms with van der Waals surface area (Å²) < 4.78 is 17.9. The van der Waals surface area contributed by atoms with E-state index >= 15 is 0 Å². The van der Waals surface area contributed by atoms with E-state index in [1.807, 2.05) is 0 Å². The predicted molar refractivity (Wildman–Crippen MR) is 82.1 cm³/mol. The van der Waals surface area contributed by atoms with E-state index in [-0.39, 0.29) is 17.9 Å². The van der Waals surface area contributed by atoms with Gasteiger partial charge in [-0.15, -0.1) is 0 Å². The van der Waals surface area contributed by atoms with Crippen molar-refractivity contribution in [3.63, 3.8) is 0 Å². The summed E-state index contributed by atoms with van der Waals surface area (Å²) in [7, 11) is 0. The van der Waals surface area contributed by atoms with Gasteiger partial charge in [-0.1, -0.05) is 0 Å². The zero-order valence-electron chi connectivity index (χ0n) is 12.5. The van der Waals surface area contributed by atoms with E-state index in [0.717, 1.165) is 0 Å². The van der Waals surface area contributed by atoms with Gasteiger partial charge in [-0.2, -0.15) is 5.10 Å². The Morgan fingerprint density at radius 2 is 1.96 bits per heavy atom. The third-order valence-corrected chi connectivity index (χ3v) is 2.91. The Hall–Kier alpha value is -2.96. The molecule has 1 heterocycles. The second-order valence-electron chi connectivity index (χ2n) is 4.83. The van der Waals surface area contributed by atoms with Gasteiger partial charge in [0.2, 0.25) is 5.91 Å². The molecule has 0 atom stereocenters. The third kappa shape index (κ3) is 5.39. The number of halogens is 1. The summed E-state index contributed by atoms with van der Waals surface area (Å²) in [6.07, 6.45) is 1.57. The van der Waals surface area contributed by atoms with Gasteiger partial charge in [-0.25, -0.2) is 9.82 Å². The SMILES string of the molecule is CC(CC(=O)NCc1ccco1)=NNC(=O)c1ccc(F)cc1. The van der Waals surface area contributed by atoms with Gasteiger partial charge in [0.1, 0.15) is 11.6 Å². The number of hydrazone groups is 1. The molecule has 0 aliphatic carbocycles. The van der Waals surface area contributed by atoms with Crippen molar-refractivity contribution in [2.45, 2.75) is 19.9 Å². The zero-order chi connectivity index (χ0) is 16.7. The monoisotopic (exact) mass is 317 g/mol. The number of nitrogens with zero attached hydrogens (tertiary/aromatic N) is 1. The van der Waals surface area contributed by atoms with Gasteiger partial charge in [-0.05, 0) is 43.3 Å². The van der Waals surface area contributed by atoms with Gasteiger partial charge < -0.3 is 9.73 Å². The molecule has 2 N–H and O–H groups in total. The highest BCUT2D eigenvalue weighted by Crippen LogP contribution is 2.02. The second kappa shape index (κ2) is 7.88. The fourth-order valence-electron chi connectivity index (χ4n) is 1.75. The van der Waals surface area contributed by atoms with Crippen LogP contribution in [-0.2, 0) is 11.3 Å². The standard InChI is InChI=1S/C16H16FN3O3/c1-11(9-15(21)18-10-14-3-2-8-23-14)19-20-16(22)12-4-6-13(17)7-5-12/h2-8H,9-10H2,1H3,(H,18,21)(H,20,22). The van der Waals surface area contributed by atoms with E-state index in [1.165, 1.54) is 30.5 Å². The van der Waals surface area contributed by atoms with Crippen molar-refractivity contribution in [3.05, 3.63) is 59.8 Å². The summed E-state index contributed by atoms with van der Waals surface area (Å²) in [4.78, 5) is 23.5. The molecule has 6 nitrogen and oxygen atoms in total. The molecule has 2 aromatic rings. The fraction of sp³-hybridized carbons (Fsp3) is 0.188. The average molecular weight is 317 g/mol. The van der Waals surface area contributed by atoms with Gasteiger partial charge in [0.25, 0.3) is 5.91 Å². The lowest BCUT2D eigenvalue weighted by molar-refractivity contribution is -0.120. The second-order valence-corrected chi connectivity index (χ2v) is 4.83. The minimum Gasteiger partial charge on any atom is -0.467 e. The fourth-order valence-corrected chi connectivity index (χ4v) is 1.75. The Kier molecular flexibility index (Phi) is 5.62. The Balaban J connectivity index is 1.79. The summed E-state index contributed by atoms with van der Waals surface area (Å²) in [5, 5.41) is 6.52.